The second-order valence-corrected chi connectivity index (χ2v) is 8.26. The fraction of sp³-hybridized carbons (Fsp3) is 0.333. The van der Waals surface area contributed by atoms with E-state index >= 15 is 0 Å². The first kappa shape index (κ1) is 18.6. The summed E-state index contributed by atoms with van der Waals surface area (Å²) in [5.41, 5.74) is 2.42. The van der Waals surface area contributed by atoms with E-state index in [1.54, 1.807) is 0 Å². The third-order valence-corrected chi connectivity index (χ3v) is 5.80. The lowest BCUT2D eigenvalue weighted by molar-refractivity contribution is -0.113. The Balaban J connectivity index is 1.59. The molecular weight excluding hydrogens is 368 g/mol. The van der Waals surface area contributed by atoms with Crippen LogP contribution in [0.25, 0.3) is 4.96 Å². The molecule has 1 aromatic carbocycles. The number of carbonyl (C=O) groups excluding carboxylic acids is 1. The van der Waals surface area contributed by atoms with Gasteiger partial charge in [0.25, 0.3) is 5.56 Å². The summed E-state index contributed by atoms with van der Waals surface area (Å²) in [6, 6.07) is 9.15. The molecule has 136 valence electrons. The fourth-order valence-corrected chi connectivity index (χ4v) is 3.90. The molecule has 0 saturated carbocycles. The highest BCUT2D eigenvalue weighted by atomic mass is 32.2. The number of benzene rings is 1. The van der Waals surface area contributed by atoms with Gasteiger partial charge < -0.3 is 5.32 Å². The molecule has 0 fully saturated rings. The molecule has 1 amide bonds. The second-order valence-electron chi connectivity index (χ2n) is 6.28. The van der Waals surface area contributed by atoms with E-state index in [2.05, 4.69) is 15.4 Å². The summed E-state index contributed by atoms with van der Waals surface area (Å²) in [7, 11) is 0. The van der Waals surface area contributed by atoms with Crippen LogP contribution < -0.4 is 10.9 Å². The number of nitrogens with one attached hydrogen (secondary N) is 1. The monoisotopic (exact) mass is 388 g/mol. The molecule has 8 heteroatoms. The highest BCUT2D eigenvalue weighted by Crippen LogP contribution is 2.20. The molecule has 26 heavy (non-hydrogen) atoms. The molecule has 0 bridgehead atoms. The van der Waals surface area contributed by atoms with Gasteiger partial charge in [0.05, 0.1) is 11.4 Å². The lowest BCUT2D eigenvalue weighted by Crippen LogP contribution is -2.16. The van der Waals surface area contributed by atoms with Crippen molar-refractivity contribution in [3.63, 3.8) is 0 Å². The fourth-order valence-electron chi connectivity index (χ4n) is 2.26. The van der Waals surface area contributed by atoms with Crippen LogP contribution in [0.4, 0.5) is 5.69 Å². The molecule has 2 aromatic heterocycles. The van der Waals surface area contributed by atoms with Gasteiger partial charge in [-0.1, -0.05) is 42.9 Å². The Hall–Kier alpha value is -2.19. The molecule has 2 heterocycles. The summed E-state index contributed by atoms with van der Waals surface area (Å²) in [6.07, 6.45) is 0. The molecule has 0 spiro atoms. The van der Waals surface area contributed by atoms with Gasteiger partial charge in [0.2, 0.25) is 10.9 Å². The van der Waals surface area contributed by atoms with Crippen molar-refractivity contribution in [2.45, 2.75) is 32.4 Å². The number of nitrogens with zero attached hydrogens (tertiary/aromatic N) is 3. The van der Waals surface area contributed by atoms with Crippen molar-refractivity contribution < 1.29 is 4.79 Å². The van der Waals surface area contributed by atoms with Gasteiger partial charge >= 0.3 is 0 Å². The Kier molecular flexibility index (Phi) is 5.73. The van der Waals surface area contributed by atoms with Crippen molar-refractivity contribution in [3.05, 3.63) is 57.0 Å². The molecule has 0 aliphatic carbocycles. The summed E-state index contributed by atoms with van der Waals surface area (Å²) < 4.78 is 1.35. The first-order valence-electron chi connectivity index (χ1n) is 8.26. The zero-order chi connectivity index (χ0) is 18.7. The van der Waals surface area contributed by atoms with Crippen molar-refractivity contribution in [1.82, 2.24) is 14.6 Å². The minimum absolute atomic E-state index is 0.0727. The minimum Gasteiger partial charge on any atom is -0.325 e. The average Bonchev–Trinajstić information content (AvgIpc) is 3.02. The van der Waals surface area contributed by atoms with Crippen LogP contribution in [0.5, 0.6) is 0 Å². The van der Waals surface area contributed by atoms with Gasteiger partial charge in [-0.3, -0.25) is 9.59 Å². The number of aryl methyl sites for hydroxylation is 1. The van der Waals surface area contributed by atoms with Crippen molar-refractivity contribution in [2.24, 2.45) is 0 Å². The molecule has 3 aromatic rings. The summed E-state index contributed by atoms with van der Waals surface area (Å²) >= 11 is 2.86. The lowest BCUT2D eigenvalue weighted by atomic mass is 10.2. The van der Waals surface area contributed by atoms with E-state index < -0.39 is 0 Å². The Morgan fingerprint density at radius 1 is 1.31 bits per heavy atom. The van der Waals surface area contributed by atoms with Gasteiger partial charge in [-0.25, -0.2) is 4.98 Å². The van der Waals surface area contributed by atoms with E-state index in [0.29, 0.717) is 22.2 Å². The smallest absolute Gasteiger partial charge is 0.275 e. The van der Waals surface area contributed by atoms with Gasteiger partial charge in [-0.05, 0) is 19.1 Å². The highest BCUT2D eigenvalue weighted by molar-refractivity contribution is 7.99. The maximum atomic E-state index is 12.2. The molecule has 3 rings (SSSR count). The Labute approximate surface area is 159 Å². The summed E-state index contributed by atoms with van der Waals surface area (Å²) in [5.74, 6) is 0.984. The normalized spacial score (nSPS) is 11.2. The van der Waals surface area contributed by atoms with E-state index in [-0.39, 0.29) is 17.4 Å². The van der Waals surface area contributed by atoms with Gasteiger partial charge in [0.1, 0.15) is 5.01 Å². The second kappa shape index (κ2) is 8.01. The van der Waals surface area contributed by atoms with Crippen molar-refractivity contribution >= 4 is 39.7 Å². The van der Waals surface area contributed by atoms with Gasteiger partial charge in [-0.15, -0.1) is 11.8 Å². The summed E-state index contributed by atoms with van der Waals surface area (Å²) in [6.45, 7) is 6.07. The van der Waals surface area contributed by atoms with Crippen LogP contribution in [0.3, 0.4) is 0 Å². The number of hydrogen-bond donors (Lipinski definition) is 1. The first-order chi connectivity index (χ1) is 12.4. The summed E-state index contributed by atoms with van der Waals surface area (Å²) in [4.78, 5) is 29.3. The van der Waals surface area contributed by atoms with E-state index in [4.69, 9.17) is 0 Å². The minimum atomic E-state index is -0.183. The van der Waals surface area contributed by atoms with Crippen LogP contribution in [-0.4, -0.2) is 26.3 Å². The van der Waals surface area contributed by atoms with Crippen molar-refractivity contribution in [3.8, 4) is 0 Å². The molecule has 0 unspecified atom stereocenters. The largest absolute Gasteiger partial charge is 0.325 e. The van der Waals surface area contributed by atoms with Gasteiger partial charge in [0, 0.05) is 23.4 Å². The zero-order valence-corrected chi connectivity index (χ0v) is 16.5. The van der Waals surface area contributed by atoms with Crippen molar-refractivity contribution in [1.29, 1.82) is 0 Å². The lowest BCUT2D eigenvalue weighted by Gasteiger charge is -2.05. The Morgan fingerprint density at radius 3 is 2.73 bits per heavy atom. The maximum Gasteiger partial charge on any atom is 0.275 e. The van der Waals surface area contributed by atoms with E-state index in [1.807, 2.05) is 45.0 Å². The third kappa shape index (κ3) is 4.50. The quantitative estimate of drug-likeness (QED) is 0.700. The molecule has 1 N–H and O–H groups in total. The number of anilines is 1. The highest BCUT2D eigenvalue weighted by Gasteiger charge is 2.12. The molecular formula is C18H20N4O2S2. The van der Waals surface area contributed by atoms with Crippen LogP contribution in [-0.2, 0) is 10.5 Å². The molecule has 0 saturated heterocycles. The van der Waals surface area contributed by atoms with Gasteiger partial charge in [-0.2, -0.15) is 9.61 Å². The molecule has 0 atom stereocenters. The van der Waals surface area contributed by atoms with Crippen LogP contribution in [0, 0.1) is 6.92 Å². The zero-order valence-electron chi connectivity index (χ0n) is 14.9. The number of rotatable bonds is 6. The summed E-state index contributed by atoms with van der Waals surface area (Å²) in [5, 5.41) is 8.05. The molecule has 6 nitrogen and oxygen atoms in total. The van der Waals surface area contributed by atoms with Crippen LogP contribution in [0.15, 0.2) is 35.1 Å². The maximum absolute atomic E-state index is 12.2. The SMILES string of the molecule is Cc1ccc(NC(=O)CSCc2cc(=O)n3nc(C(C)C)sc3n2)cc1. The number of aromatic nitrogens is 3. The number of hydrogen-bond acceptors (Lipinski definition) is 6. The first-order valence-corrected chi connectivity index (χ1v) is 10.2. The van der Waals surface area contributed by atoms with Crippen LogP contribution >= 0.6 is 23.1 Å². The number of carbonyl (C=O) groups is 1. The predicted molar refractivity (Wildman–Crippen MR) is 107 cm³/mol. The Morgan fingerprint density at radius 2 is 2.04 bits per heavy atom. The topological polar surface area (TPSA) is 76.4 Å². The molecule has 0 aliphatic rings. The standard InChI is InChI=1S/C18H20N4O2S2/c1-11(2)17-21-22-16(24)8-14(20-18(22)26-17)9-25-10-15(23)19-13-6-4-12(3)5-7-13/h4-8,11H,9-10H2,1-3H3,(H,19,23). The third-order valence-electron chi connectivity index (χ3n) is 3.63. The predicted octanol–water partition coefficient (Wildman–Crippen LogP) is 3.45. The van der Waals surface area contributed by atoms with Crippen molar-refractivity contribution in [2.75, 3.05) is 11.1 Å². The van der Waals surface area contributed by atoms with Crippen LogP contribution in [0.2, 0.25) is 0 Å². The van der Waals surface area contributed by atoms with E-state index in [9.17, 15) is 9.59 Å². The number of amides is 1. The van der Waals surface area contributed by atoms with Crippen LogP contribution in [0.1, 0.15) is 36.0 Å². The van der Waals surface area contributed by atoms with E-state index in [1.165, 1.54) is 33.7 Å². The van der Waals surface area contributed by atoms with Gasteiger partial charge in [0.15, 0.2) is 0 Å². The Bertz CT molecular complexity index is 977. The average molecular weight is 389 g/mol. The number of fused-ring (bicyclic) bond motifs is 1. The molecule has 0 radical (unpaired) electrons. The van der Waals surface area contributed by atoms with E-state index in [0.717, 1.165) is 16.3 Å². The molecule has 0 aliphatic heterocycles. The number of thioether (sulfide) groups is 1.